The Morgan fingerprint density at radius 1 is 1.14 bits per heavy atom. The predicted molar refractivity (Wildman–Crippen MR) is 54.9 cm³/mol. The summed E-state index contributed by atoms with van der Waals surface area (Å²) in [7, 11) is 0. The van der Waals surface area contributed by atoms with Gasteiger partial charge in [-0.15, -0.1) is 0 Å². The normalized spacial score (nSPS) is 14.0. The molecular formula is C11H21FO2. The maximum atomic E-state index is 13.3. The smallest absolute Gasteiger partial charge is 0.338 e. The van der Waals surface area contributed by atoms with Gasteiger partial charge in [0, 0.05) is 5.92 Å². The van der Waals surface area contributed by atoms with E-state index in [2.05, 4.69) is 0 Å². The van der Waals surface area contributed by atoms with Gasteiger partial charge in [-0.3, -0.25) is 0 Å². The minimum atomic E-state index is -1.71. The third kappa shape index (κ3) is 5.20. The van der Waals surface area contributed by atoms with Crippen molar-refractivity contribution in [3.05, 3.63) is 0 Å². The van der Waals surface area contributed by atoms with Gasteiger partial charge < -0.3 is 5.11 Å². The van der Waals surface area contributed by atoms with Crippen LogP contribution in [-0.4, -0.2) is 17.2 Å². The topological polar surface area (TPSA) is 37.3 Å². The van der Waals surface area contributed by atoms with E-state index in [-0.39, 0.29) is 5.92 Å². The molecule has 1 N–H and O–H groups in total. The highest BCUT2D eigenvalue weighted by molar-refractivity contribution is 5.72. The van der Waals surface area contributed by atoms with E-state index >= 15 is 0 Å². The molecule has 0 heterocycles. The molecule has 14 heavy (non-hydrogen) atoms. The van der Waals surface area contributed by atoms with Gasteiger partial charge in [0.25, 0.3) is 0 Å². The Bertz CT molecular complexity index is 168. The molecule has 0 bridgehead atoms. The van der Waals surface area contributed by atoms with Crippen LogP contribution in [0, 0.1) is 17.8 Å². The molecule has 0 spiro atoms. The van der Waals surface area contributed by atoms with Crippen LogP contribution in [0.2, 0.25) is 0 Å². The van der Waals surface area contributed by atoms with Crippen LogP contribution < -0.4 is 0 Å². The van der Waals surface area contributed by atoms with Crippen LogP contribution in [0.5, 0.6) is 0 Å². The van der Waals surface area contributed by atoms with Crippen molar-refractivity contribution < 1.29 is 14.3 Å². The number of aliphatic carboxylic acids is 1. The Morgan fingerprint density at radius 2 is 1.50 bits per heavy atom. The number of carboxylic acid groups (broad SMARTS) is 1. The highest BCUT2D eigenvalue weighted by atomic mass is 19.1. The van der Waals surface area contributed by atoms with Gasteiger partial charge in [-0.2, -0.15) is 0 Å². The quantitative estimate of drug-likeness (QED) is 0.721. The summed E-state index contributed by atoms with van der Waals surface area (Å²) in [6.07, 6.45) is -0.420. The summed E-state index contributed by atoms with van der Waals surface area (Å²) in [5.74, 6) is -0.975. The van der Waals surface area contributed by atoms with Crippen molar-refractivity contribution in [2.75, 3.05) is 0 Å². The van der Waals surface area contributed by atoms with Gasteiger partial charge in [0.15, 0.2) is 6.17 Å². The number of alkyl halides is 1. The van der Waals surface area contributed by atoms with Gasteiger partial charge in [0.1, 0.15) is 0 Å². The number of carboxylic acids is 1. The van der Waals surface area contributed by atoms with Crippen molar-refractivity contribution in [3.63, 3.8) is 0 Å². The summed E-state index contributed by atoms with van der Waals surface area (Å²) in [5, 5.41) is 8.60. The zero-order valence-corrected chi connectivity index (χ0v) is 9.46. The second-order valence-corrected chi connectivity index (χ2v) is 4.76. The minimum Gasteiger partial charge on any atom is -0.479 e. The van der Waals surface area contributed by atoms with E-state index in [4.69, 9.17) is 5.11 Å². The molecule has 3 heteroatoms. The first-order chi connectivity index (χ1) is 6.34. The predicted octanol–water partition coefficient (Wildman–Crippen LogP) is 3.12. The van der Waals surface area contributed by atoms with Crippen molar-refractivity contribution in [2.24, 2.45) is 17.8 Å². The summed E-state index contributed by atoms with van der Waals surface area (Å²) in [6.45, 7) is 7.95. The number of hydrogen-bond donors (Lipinski definition) is 1. The largest absolute Gasteiger partial charge is 0.479 e. The van der Waals surface area contributed by atoms with Crippen LogP contribution in [0.4, 0.5) is 4.39 Å². The average molecular weight is 204 g/mol. The van der Waals surface area contributed by atoms with Crippen LogP contribution in [0.3, 0.4) is 0 Å². The lowest BCUT2D eigenvalue weighted by Gasteiger charge is -2.21. The Kier molecular flexibility index (Phi) is 5.73. The molecule has 1 atom stereocenters. The third-order valence-corrected chi connectivity index (χ3v) is 2.20. The lowest BCUT2D eigenvalue weighted by atomic mass is 9.86. The van der Waals surface area contributed by atoms with Gasteiger partial charge in [-0.25, -0.2) is 9.18 Å². The first-order valence-electron chi connectivity index (χ1n) is 5.21. The molecule has 0 aromatic rings. The van der Waals surface area contributed by atoms with Crippen molar-refractivity contribution in [1.29, 1.82) is 0 Å². The number of rotatable bonds is 6. The van der Waals surface area contributed by atoms with E-state index in [1.807, 2.05) is 27.7 Å². The minimum absolute atomic E-state index is 0.340. The highest BCUT2D eigenvalue weighted by Crippen LogP contribution is 2.25. The fraction of sp³-hybridized carbons (Fsp3) is 0.909. The number of carbonyl (C=O) groups is 1. The van der Waals surface area contributed by atoms with Gasteiger partial charge in [0.05, 0.1) is 0 Å². The lowest BCUT2D eigenvalue weighted by Crippen LogP contribution is -2.27. The van der Waals surface area contributed by atoms with Crippen molar-refractivity contribution in [3.8, 4) is 0 Å². The molecule has 0 aliphatic rings. The SMILES string of the molecule is CC(C)CC(CC(C)C)C(F)C(=O)O. The zero-order valence-electron chi connectivity index (χ0n) is 9.46. The molecule has 0 rings (SSSR count). The Hall–Kier alpha value is -0.600. The van der Waals surface area contributed by atoms with E-state index in [0.29, 0.717) is 24.7 Å². The Labute approximate surface area is 85.5 Å². The maximum Gasteiger partial charge on any atom is 0.338 e. The molecule has 0 aromatic heterocycles. The molecule has 0 saturated carbocycles. The van der Waals surface area contributed by atoms with Crippen LogP contribution in [0.25, 0.3) is 0 Å². The van der Waals surface area contributed by atoms with Crippen LogP contribution in [-0.2, 0) is 4.79 Å². The Balaban J connectivity index is 4.30. The standard InChI is InChI=1S/C11H21FO2/c1-7(2)5-9(6-8(3)4)10(12)11(13)14/h7-10H,5-6H2,1-4H3,(H,13,14). The molecule has 0 aromatic carbocycles. The van der Waals surface area contributed by atoms with Crippen molar-refractivity contribution in [2.45, 2.75) is 46.7 Å². The molecule has 84 valence electrons. The molecule has 0 aliphatic carbocycles. The molecule has 2 nitrogen and oxygen atoms in total. The lowest BCUT2D eigenvalue weighted by molar-refractivity contribution is -0.145. The fourth-order valence-electron chi connectivity index (χ4n) is 1.75. The van der Waals surface area contributed by atoms with Crippen molar-refractivity contribution >= 4 is 5.97 Å². The maximum absolute atomic E-state index is 13.3. The van der Waals surface area contributed by atoms with E-state index in [9.17, 15) is 9.18 Å². The van der Waals surface area contributed by atoms with Gasteiger partial charge in [0.2, 0.25) is 0 Å². The summed E-state index contributed by atoms with van der Waals surface area (Å²) < 4.78 is 13.3. The van der Waals surface area contributed by atoms with E-state index in [0.717, 1.165) is 0 Å². The van der Waals surface area contributed by atoms with Crippen LogP contribution in [0.15, 0.2) is 0 Å². The van der Waals surface area contributed by atoms with E-state index in [1.54, 1.807) is 0 Å². The average Bonchev–Trinajstić information content (AvgIpc) is 1.99. The molecular weight excluding hydrogens is 183 g/mol. The number of halogens is 1. The molecule has 0 fully saturated rings. The van der Waals surface area contributed by atoms with Gasteiger partial charge in [-0.1, -0.05) is 27.7 Å². The molecule has 0 aliphatic heterocycles. The van der Waals surface area contributed by atoms with Crippen molar-refractivity contribution in [1.82, 2.24) is 0 Å². The highest BCUT2D eigenvalue weighted by Gasteiger charge is 2.28. The van der Waals surface area contributed by atoms with E-state index in [1.165, 1.54) is 0 Å². The summed E-state index contributed by atoms with van der Waals surface area (Å²) >= 11 is 0. The third-order valence-electron chi connectivity index (χ3n) is 2.20. The second-order valence-electron chi connectivity index (χ2n) is 4.76. The molecule has 0 radical (unpaired) electrons. The first-order valence-corrected chi connectivity index (χ1v) is 5.21. The van der Waals surface area contributed by atoms with Gasteiger partial charge >= 0.3 is 5.97 Å². The number of hydrogen-bond acceptors (Lipinski definition) is 1. The Morgan fingerprint density at radius 3 is 1.71 bits per heavy atom. The van der Waals surface area contributed by atoms with Crippen LogP contribution in [0.1, 0.15) is 40.5 Å². The molecule has 1 unspecified atom stereocenters. The monoisotopic (exact) mass is 204 g/mol. The molecule has 0 amide bonds. The summed E-state index contributed by atoms with van der Waals surface area (Å²) in [4.78, 5) is 10.5. The first kappa shape index (κ1) is 13.4. The van der Waals surface area contributed by atoms with Gasteiger partial charge in [-0.05, 0) is 24.7 Å². The van der Waals surface area contributed by atoms with Crippen LogP contribution >= 0.6 is 0 Å². The summed E-state index contributed by atoms with van der Waals surface area (Å²) in [6, 6.07) is 0. The molecule has 0 saturated heterocycles. The fourth-order valence-corrected chi connectivity index (χ4v) is 1.75. The van der Waals surface area contributed by atoms with E-state index < -0.39 is 12.1 Å². The zero-order chi connectivity index (χ0) is 11.3. The second kappa shape index (κ2) is 5.99. The summed E-state index contributed by atoms with van der Waals surface area (Å²) in [5.41, 5.74) is 0.